The summed E-state index contributed by atoms with van der Waals surface area (Å²) in [5.41, 5.74) is 10.5. The fourth-order valence-electron chi connectivity index (χ4n) is 5.51. The monoisotopic (exact) mass is 449 g/mol. The summed E-state index contributed by atoms with van der Waals surface area (Å²) in [4.78, 5) is 16.1. The Bertz CT molecular complexity index is 1120. The van der Waals surface area contributed by atoms with Gasteiger partial charge in [0, 0.05) is 25.7 Å². The Kier molecular flexibility index (Phi) is 6.08. The number of pyridine rings is 1. The molecule has 33 heavy (non-hydrogen) atoms. The van der Waals surface area contributed by atoms with E-state index in [-0.39, 0.29) is 0 Å². The van der Waals surface area contributed by atoms with Crippen molar-refractivity contribution in [2.75, 3.05) is 30.3 Å². The van der Waals surface area contributed by atoms with E-state index in [4.69, 9.17) is 15.5 Å². The number of nitrogens with two attached hydrogens (primary N) is 1. The van der Waals surface area contributed by atoms with Crippen LogP contribution in [-0.4, -0.2) is 44.3 Å². The van der Waals surface area contributed by atoms with Crippen LogP contribution in [0.5, 0.6) is 6.01 Å². The number of fused-ring (bicyclic) bond motifs is 1. The van der Waals surface area contributed by atoms with E-state index in [0.29, 0.717) is 35.9 Å². The lowest BCUT2D eigenvalue weighted by molar-refractivity contribution is 0.219. The van der Waals surface area contributed by atoms with Gasteiger partial charge in [0.1, 0.15) is 5.82 Å². The van der Waals surface area contributed by atoms with Crippen LogP contribution < -0.4 is 15.4 Å². The molecular weight excluding hydrogens is 414 g/mol. The number of imidazole rings is 1. The highest BCUT2D eigenvalue weighted by Gasteiger charge is 2.39. The number of nitrogen functional groups attached to an aromatic ring is 1. The number of rotatable bonds is 7. The number of nitrogens with zero attached hydrogens (tertiary/aromatic N) is 6. The van der Waals surface area contributed by atoms with E-state index in [0.717, 1.165) is 43.0 Å². The second-order valence-electron chi connectivity index (χ2n) is 9.86. The molecule has 3 aromatic heterocycles. The minimum absolute atomic E-state index is 0.294. The van der Waals surface area contributed by atoms with Gasteiger partial charge >= 0.3 is 6.01 Å². The molecule has 0 radical (unpaired) electrons. The van der Waals surface area contributed by atoms with E-state index in [9.17, 15) is 0 Å². The number of ether oxygens (including phenoxy) is 1. The second-order valence-corrected chi connectivity index (χ2v) is 9.86. The lowest BCUT2D eigenvalue weighted by Crippen LogP contribution is -2.29. The molecular formula is C25H35N7O. The topological polar surface area (TPSA) is 94.5 Å². The first-order valence-corrected chi connectivity index (χ1v) is 12.4. The summed E-state index contributed by atoms with van der Waals surface area (Å²) in [6.45, 7) is 7.15. The largest absolute Gasteiger partial charge is 0.462 e. The normalized spacial score (nSPS) is 17.8. The Morgan fingerprint density at radius 1 is 1.12 bits per heavy atom. The molecule has 4 heterocycles. The third-order valence-electron chi connectivity index (χ3n) is 7.31. The Balaban J connectivity index is 1.33. The third kappa shape index (κ3) is 4.48. The summed E-state index contributed by atoms with van der Waals surface area (Å²) in [5.74, 6) is 1.47. The fraction of sp³-hybridized carbons (Fsp3) is 0.600. The van der Waals surface area contributed by atoms with Gasteiger partial charge in [0.15, 0.2) is 11.5 Å². The molecule has 176 valence electrons. The highest BCUT2D eigenvalue weighted by atomic mass is 16.5. The van der Waals surface area contributed by atoms with E-state index in [1.54, 1.807) is 4.52 Å². The molecule has 1 aliphatic heterocycles. The van der Waals surface area contributed by atoms with Crippen molar-refractivity contribution in [1.29, 1.82) is 0 Å². The van der Waals surface area contributed by atoms with Crippen LogP contribution in [0.3, 0.4) is 0 Å². The van der Waals surface area contributed by atoms with Gasteiger partial charge in [-0.1, -0.05) is 38.7 Å². The minimum atomic E-state index is 0.294. The maximum absolute atomic E-state index is 6.11. The highest BCUT2D eigenvalue weighted by molar-refractivity contribution is 5.60. The number of aromatic nitrogens is 5. The maximum Gasteiger partial charge on any atom is 0.336 e. The van der Waals surface area contributed by atoms with Crippen molar-refractivity contribution >= 4 is 17.3 Å². The molecule has 8 heteroatoms. The Morgan fingerprint density at radius 3 is 2.76 bits per heavy atom. The van der Waals surface area contributed by atoms with Crippen molar-refractivity contribution in [2.24, 2.45) is 5.41 Å². The molecule has 5 rings (SSSR count). The van der Waals surface area contributed by atoms with Gasteiger partial charge in [0.25, 0.3) is 0 Å². The predicted molar refractivity (Wildman–Crippen MR) is 130 cm³/mol. The molecule has 0 aromatic carbocycles. The molecule has 2 fully saturated rings. The van der Waals surface area contributed by atoms with E-state index < -0.39 is 0 Å². The van der Waals surface area contributed by atoms with Gasteiger partial charge in [-0.2, -0.15) is 4.98 Å². The summed E-state index contributed by atoms with van der Waals surface area (Å²) in [5, 5.41) is 4.53. The lowest BCUT2D eigenvalue weighted by atomic mass is 9.73. The molecule has 2 N–H and O–H groups in total. The van der Waals surface area contributed by atoms with Crippen LogP contribution in [0.25, 0.3) is 5.65 Å². The van der Waals surface area contributed by atoms with E-state index in [1.807, 2.05) is 12.4 Å². The summed E-state index contributed by atoms with van der Waals surface area (Å²) < 4.78 is 7.43. The van der Waals surface area contributed by atoms with Crippen molar-refractivity contribution < 1.29 is 4.74 Å². The van der Waals surface area contributed by atoms with Gasteiger partial charge in [-0.25, -0.2) is 14.5 Å². The molecule has 1 spiro atoms. The van der Waals surface area contributed by atoms with Crippen LogP contribution in [0.15, 0.2) is 18.5 Å². The van der Waals surface area contributed by atoms with Crippen LogP contribution in [0.1, 0.15) is 75.1 Å². The van der Waals surface area contributed by atoms with Crippen LogP contribution in [0.2, 0.25) is 0 Å². The molecule has 8 nitrogen and oxygen atoms in total. The standard InChI is InChI=1S/C25H35N7O/c1-3-4-12-33-24-29-21(26)23-28-16-20(32(23)30-24)14-19-13-18(2)22(27-15-19)31-11-10-25(17-31)8-6-5-7-9-25/h13,15-16H,3-12,14,17H2,1-2H3,(H2,26,29,30). The SMILES string of the molecule is CCCCOc1nc(N)c2ncc(Cc3cnc(N4CCC5(CCCCC5)C4)c(C)c3)n2n1. The maximum atomic E-state index is 6.11. The molecule has 1 saturated heterocycles. The van der Waals surface area contributed by atoms with Gasteiger partial charge in [0.05, 0.1) is 18.5 Å². The van der Waals surface area contributed by atoms with Crippen LogP contribution in [-0.2, 0) is 6.42 Å². The number of anilines is 2. The molecule has 1 aliphatic carbocycles. The van der Waals surface area contributed by atoms with Crippen molar-refractivity contribution in [1.82, 2.24) is 24.6 Å². The summed E-state index contributed by atoms with van der Waals surface area (Å²) in [6, 6.07) is 2.54. The number of hydrogen-bond acceptors (Lipinski definition) is 7. The molecule has 0 unspecified atom stereocenters. The molecule has 0 amide bonds. The first-order chi connectivity index (χ1) is 16.1. The molecule has 1 saturated carbocycles. The smallest absolute Gasteiger partial charge is 0.336 e. The zero-order chi connectivity index (χ0) is 22.8. The van der Waals surface area contributed by atoms with Crippen LogP contribution >= 0.6 is 0 Å². The van der Waals surface area contributed by atoms with Crippen molar-refractivity contribution in [3.8, 4) is 6.01 Å². The average molecular weight is 450 g/mol. The zero-order valence-electron chi connectivity index (χ0n) is 19.9. The van der Waals surface area contributed by atoms with Gasteiger partial charge in [0.2, 0.25) is 0 Å². The van der Waals surface area contributed by atoms with Gasteiger partial charge in [-0.15, -0.1) is 5.10 Å². The van der Waals surface area contributed by atoms with E-state index in [2.05, 4.69) is 39.9 Å². The van der Waals surface area contributed by atoms with E-state index in [1.165, 1.54) is 44.1 Å². The van der Waals surface area contributed by atoms with Crippen molar-refractivity contribution in [3.05, 3.63) is 35.3 Å². The Morgan fingerprint density at radius 2 is 1.97 bits per heavy atom. The summed E-state index contributed by atoms with van der Waals surface area (Å²) >= 11 is 0. The van der Waals surface area contributed by atoms with Gasteiger partial charge in [-0.3, -0.25) is 0 Å². The third-order valence-corrected chi connectivity index (χ3v) is 7.31. The number of hydrogen-bond donors (Lipinski definition) is 1. The quantitative estimate of drug-likeness (QED) is 0.536. The summed E-state index contributed by atoms with van der Waals surface area (Å²) in [6.07, 6.45) is 14.7. The first-order valence-electron chi connectivity index (χ1n) is 12.4. The molecule has 0 bridgehead atoms. The first kappa shape index (κ1) is 21.9. The Labute approximate surface area is 195 Å². The van der Waals surface area contributed by atoms with Crippen molar-refractivity contribution in [3.63, 3.8) is 0 Å². The highest BCUT2D eigenvalue weighted by Crippen LogP contribution is 2.44. The molecule has 2 aliphatic rings. The second kappa shape index (κ2) is 9.15. The zero-order valence-corrected chi connectivity index (χ0v) is 19.9. The molecule has 3 aromatic rings. The lowest BCUT2D eigenvalue weighted by Gasteiger charge is -2.33. The van der Waals surface area contributed by atoms with E-state index >= 15 is 0 Å². The Hall–Kier alpha value is -2.90. The number of unbranched alkanes of at least 4 members (excludes halogenated alkanes) is 1. The van der Waals surface area contributed by atoms with Gasteiger partial charge in [-0.05, 0) is 49.1 Å². The average Bonchev–Trinajstić information content (AvgIpc) is 3.39. The fourth-order valence-corrected chi connectivity index (χ4v) is 5.51. The van der Waals surface area contributed by atoms with Crippen LogP contribution in [0.4, 0.5) is 11.6 Å². The minimum Gasteiger partial charge on any atom is -0.462 e. The van der Waals surface area contributed by atoms with Crippen molar-refractivity contribution in [2.45, 2.75) is 71.6 Å². The predicted octanol–water partition coefficient (Wildman–Crippen LogP) is 4.34. The van der Waals surface area contributed by atoms with Crippen LogP contribution in [0, 0.1) is 12.3 Å². The molecule has 0 atom stereocenters. The summed E-state index contributed by atoms with van der Waals surface area (Å²) in [7, 11) is 0. The van der Waals surface area contributed by atoms with Gasteiger partial charge < -0.3 is 15.4 Å². The number of aryl methyl sites for hydroxylation is 1.